The van der Waals surface area contributed by atoms with E-state index in [4.69, 9.17) is 23.2 Å². The summed E-state index contributed by atoms with van der Waals surface area (Å²) in [5.74, 6) is 0.128. The van der Waals surface area contributed by atoms with E-state index in [0.717, 1.165) is 11.3 Å². The Kier molecular flexibility index (Phi) is 5.00. The topological polar surface area (TPSA) is 55.6 Å². The van der Waals surface area contributed by atoms with Gasteiger partial charge in [-0.2, -0.15) is 0 Å². The number of hydrogen-bond donors (Lipinski definition) is 1. The van der Waals surface area contributed by atoms with Crippen LogP contribution < -0.4 is 5.69 Å². The first-order valence-electron chi connectivity index (χ1n) is 8.82. The van der Waals surface area contributed by atoms with Crippen LogP contribution in [-0.2, 0) is 19.5 Å². The number of H-pyrrole nitrogens is 1. The fourth-order valence-corrected chi connectivity index (χ4v) is 3.80. The van der Waals surface area contributed by atoms with Gasteiger partial charge < -0.3 is 4.98 Å². The molecule has 0 amide bonds. The largest absolute Gasteiger partial charge is 0.340 e. The number of nitrogens with one attached hydrogen (secondary N) is 1. The lowest BCUT2D eigenvalue weighted by atomic mass is 10.1. The number of halogens is 3. The first-order chi connectivity index (χ1) is 13.5. The molecule has 2 heterocycles. The summed E-state index contributed by atoms with van der Waals surface area (Å²) in [7, 11) is 0. The van der Waals surface area contributed by atoms with Gasteiger partial charge >= 0.3 is 5.69 Å². The summed E-state index contributed by atoms with van der Waals surface area (Å²) < 4.78 is 17.1. The van der Waals surface area contributed by atoms with Gasteiger partial charge in [-0.3, -0.25) is 9.13 Å². The van der Waals surface area contributed by atoms with E-state index in [9.17, 15) is 9.18 Å². The molecule has 4 aromatic rings. The number of aromatic nitrogens is 4. The van der Waals surface area contributed by atoms with Crippen LogP contribution in [0, 0.1) is 5.82 Å². The lowest BCUT2D eigenvalue weighted by Crippen LogP contribution is -2.25. The van der Waals surface area contributed by atoms with Gasteiger partial charge in [-0.05, 0) is 36.8 Å². The van der Waals surface area contributed by atoms with E-state index in [-0.39, 0.29) is 17.8 Å². The molecule has 28 heavy (non-hydrogen) atoms. The molecule has 0 bridgehead atoms. The number of para-hydroxylation sites is 1. The van der Waals surface area contributed by atoms with Gasteiger partial charge in [0.25, 0.3) is 0 Å². The van der Waals surface area contributed by atoms with Crippen LogP contribution in [-0.4, -0.2) is 19.1 Å². The number of nitrogens with zero attached hydrogens (tertiary/aromatic N) is 3. The summed E-state index contributed by atoms with van der Waals surface area (Å²) in [6.45, 7) is 2.66. The number of hydrogen-bond acceptors (Lipinski definition) is 2. The highest BCUT2D eigenvalue weighted by Crippen LogP contribution is 2.23. The molecule has 2 aromatic heterocycles. The van der Waals surface area contributed by atoms with Gasteiger partial charge in [0.1, 0.15) is 11.3 Å². The van der Waals surface area contributed by atoms with Crippen LogP contribution in [0.25, 0.3) is 11.0 Å². The quantitative estimate of drug-likeness (QED) is 0.513. The fraction of sp³-hybridized carbons (Fsp3) is 0.200. The summed E-state index contributed by atoms with van der Waals surface area (Å²) in [6.07, 6.45) is 2.29. The Bertz CT molecular complexity index is 1220. The molecule has 0 unspecified atom stereocenters. The van der Waals surface area contributed by atoms with Gasteiger partial charge in [-0.1, -0.05) is 35.3 Å². The Morgan fingerprint density at radius 3 is 2.75 bits per heavy atom. The third-order valence-electron chi connectivity index (χ3n) is 4.66. The minimum atomic E-state index is -0.392. The highest BCUT2D eigenvalue weighted by atomic mass is 35.5. The molecule has 1 N–H and O–H groups in total. The highest BCUT2D eigenvalue weighted by Gasteiger charge is 2.14. The zero-order valence-corrected chi connectivity index (χ0v) is 16.6. The van der Waals surface area contributed by atoms with E-state index in [1.54, 1.807) is 39.6 Å². The smallest absolute Gasteiger partial charge is 0.328 e. The molecular weight excluding hydrogens is 402 g/mol. The van der Waals surface area contributed by atoms with E-state index in [2.05, 4.69) is 9.97 Å². The molecule has 0 radical (unpaired) electrons. The lowest BCUT2D eigenvalue weighted by molar-refractivity contribution is 0.634. The second-order valence-electron chi connectivity index (χ2n) is 6.51. The zero-order chi connectivity index (χ0) is 19.8. The van der Waals surface area contributed by atoms with Crippen LogP contribution in [0.2, 0.25) is 10.0 Å². The average molecular weight is 419 g/mol. The molecule has 4 rings (SSSR count). The van der Waals surface area contributed by atoms with Crippen LogP contribution in [0.4, 0.5) is 4.39 Å². The van der Waals surface area contributed by atoms with Crippen molar-refractivity contribution in [2.75, 3.05) is 0 Å². The van der Waals surface area contributed by atoms with Crippen LogP contribution in [0.15, 0.2) is 47.4 Å². The minimum Gasteiger partial charge on any atom is -0.340 e. The maximum atomic E-state index is 13.9. The van der Waals surface area contributed by atoms with E-state index in [1.807, 2.05) is 13.0 Å². The van der Waals surface area contributed by atoms with Crippen molar-refractivity contribution in [3.05, 3.63) is 86.0 Å². The average Bonchev–Trinajstić information content (AvgIpc) is 3.19. The molecule has 2 aromatic carbocycles. The number of fused-ring (bicyclic) bond motifs is 1. The number of benzene rings is 2. The Morgan fingerprint density at radius 2 is 2.04 bits per heavy atom. The molecule has 0 saturated heterocycles. The minimum absolute atomic E-state index is 0.150. The molecule has 5 nitrogen and oxygen atoms in total. The monoisotopic (exact) mass is 418 g/mol. The van der Waals surface area contributed by atoms with E-state index in [1.165, 1.54) is 6.07 Å². The Labute approximate surface area is 170 Å². The molecule has 0 aliphatic rings. The maximum absolute atomic E-state index is 13.9. The molecule has 144 valence electrons. The van der Waals surface area contributed by atoms with Crippen molar-refractivity contribution in [2.45, 2.75) is 26.4 Å². The van der Waals surface area contributed by atoms with Crippen molar-refractivity contribution in [1.82, 2.24) is 19.1 Å². The van der Waals surface area contributed by atoms with E-state index < -0.39 is 5.82 Å². The molecule has 0 aliphatic heterocycles. The normalized spacial score (nSPS) is 11.4. The van der Waals surface area contributed by atoms with Crippen molar-refractivity contribution in [2.24, 2.45) is 0 Å². The Morgan fingerprint density at radius 1 is 1.21 bits per heavy atom. The Hall–Kier alpha value is -2.57. The molecule has 0 aliphatic carbocycles. The van der Waals surface area contributed by atoms with Gasteiger partial charge in [-0.15, -0.1) is 0 Å². The van der Waals surface area contributed by atoms with Crippen molar-refractivity contribution in [1.29, 1.82) is 0 Å². The van der Waals surface area contributed by atoms with Gasteiger partial charge in [0, 0.05) is 34.9 Å². The first kappa shape index (κ1) is 18.8. The first-order valence-corrected chi connectivity index (χ1v) is 9.57. The summed E-state index contributed by atoms with van der Waals surface area (Å²) in [6, 6.07) is 10.1. The molecule has 8 heteroatoms. The number of imidazole rings is 2. The standard InChI is InChI=1S/C20H17Cl2FN4O/c1-2-27-14(8-12-6-7-13(21)9-15(12)22)10-26(20(27)28)11-18-24-17-5-3-4-16(23)19(17)25-18/h3-7,9-10H,2,8,11H2,1H3,(H,24,25). The van der Waals surface area contributed by atoms with Crippen LogP contribution in [0.1, 0.15) is 24.0 Å². The molecule has 0 atom stereocenters. The fourth-order valence-electron chi connectivity index (χ4n) is 3.32. The van der Waals surface area contributed by atoms with Crippen molar-refractivity contribution >= 4 is 34.2 Å². The second kappa shape index (κ2) is 7.45. The molecule has 0 spiro atoms. The summed E-state index contributed by atoms with van der Waals surface area (Å²) in [4.78, 5) is 20.1. The third-order valence-corrected chi connectivity index (χ3v) is 5.25. The van der Waals surface area contributed by atoms with E-state index in [0.29, 0.717) is 34.4 Å². The van der Waals surface area contributed by atoms with E-state index >= 15 is 0 Å². The van der Waals surface area contributed by atoms with Crippen LogP contribution >= 0.6 is 23.2 Å². The SMILES string of the molecule is CCn1c(Cc2ccc(Cl)cc2Cl)cn(Cc2nc3c(F)cccc3[nH]2)c1=O. The molecule has 0 fully saturated rings. The van der Waals surface area contributed by atoms with Gasteiger partial charge in [0.15, 0.2) is 5.82 Å². The maximum Gasteiger partial charge on any atom is 0.328 e. The summed E-state index contributed by atoms with van der Waals surface area (Å²) >= 11 is 12.2. The zero-order valence-electron chi connectivity index (χ0n) is 15.0. The third kappa shape index (κ3) is 3.45. The van der Waals surface area contributed by atoms with Crippen LogP contribution in [0.3, 0.4) is 0 Å². The van der Waals surface area contributed by atoms with Crippen molar-refractivity contribution < 1.29 is 4.39 Å². The van der Waals surface area contributed by atoms with Crippen LogP contribution in [0.5, 0.6) is 0 Å². The highest BCUT2D eigenvalue weighted by molar-refractivity contribution is 6.35. The number of rotatable bonds is 5. The van der Waals surface area contributed by atoms with Crippen molar-refractivity contribution in [3.63, 3.8) is 0 Å². The predicted molar refractivity (Wildman–Crippen MR) is 109 cm³/mol. The predicted octanol–water partition coefficient (Wildman–Crippen LogP) is 4.63. The Balaban J connectivity index is 1.68. The van der Waals surface area contributed by atoms with Gasteiger partial charge in [-0.25, -0.2) is 14.2 Å². The lowest BCUT2D eigenvalue weighted by Gasteiger charge is -2.06. The molecule has 0 saturated carbocycles. The summed E-state index contributed by atoms with van der Waals surface area (Å²) in [5.41, 5.74) is 2.44. The summed E-state index contributed by atoms with van der Waals surface area (Å²) in [5, 5.41) is 1.12. The second-order valence-corrected chi connectivity index (χ2v) is 7.35. The van der Waals surface area contributed by atoms with Gasteiger partial charge in [0.2, 0.25) is 0 Å². The molecular formula is C20H17Cl2FN4O. The van der Waals surface area contributed by atoms with Crippen molar-refractivity contribution in [3.8, 4) is 0 Å². The number of aromatic amines is 1. The van der Waals surface area contributed by atoms with Gasteiger partial charge in [0.05, 0.1) is 12.1 Å².